The normalized spacial score (nSPS) is 10.7. The van der Waals surface area contributed by atoms with Crippen molar-refractivity contribution in [2.75, 3.05) is 11.9 Å². The van der Waals surface area contributed by atoms with Crippen LogP contribution in [-0.4, -0.2) is 26.8 Å². The minimum Gasteiger partial charge on any atom is -0.490 e. The van der Waals surface area contributed by atoms with Crippen LogP contribution >= 0.6 is 11.6 Å². The number of nitrogens with zero attached hydrogens (tertiary/aromatic N) is 3. The van der Waals surface area contributed by atoms with Crippen LogP contribution in [0.15, 0.2) is 36.5 Å². The number of anilines is 1. The van der Waals surface area contributed by atoms with E-state index in [2.05, 4.69) is 10.3 Å². The van der Waals surface area contributed by atoms with Crippen LogP contribution in [0.2, 0.25) is 5.02 Å². The number of hydrogen-bond donors (Lipinski definition) is 1. The van der Waals surface area contributed by atoms with Gasteiger partial charge in [-0.3, -0.25) is 19.3 Å². The highest BCUT2D eigenvalue weighted by molar-refractivity contribution is 6.34. The lowest BCUT2D eigenvalue weighted by atomic mass is 10.2. The van der Waals surface area contributed by atoms with E-state index in [1.165, 1.54) is 18.2 Å². The van der Waals surface area contributed by atoms with Gasteiger partial charge >= 0.3 is 0 Å². The van der Waals surface area contributed by atoms with Gasteiger partial charge in [-0.25, -0.2) is 4.98 Å². The summed E-state index contributed by atoms with van der Waals surface area (Å²) in [5, 5.41) is 13.5. The number of carbonyl (C=O) groups excluding carboxylic acids is 1. The van der Waals surface area contributed by atoms with Gasteiger partial charge in [-0.05, 0) is 32.0 Å². The molecular weight excluding hydrogens is 360 g/mol. The van der Waals surface area contributed by atoms with E-state index in [-0.39, 0.29) is 16.4 Å². The first-order chi connectivity index (χ1) is 12.4. The van der Waals surface area contributed by atoms with Gasteiger partial charge in [0.1, 0.15) is 5.69 Å². The Morgan fingerprint density at radius 2 is 2.19 bits per heavy atom. The summed E-state index contributed by atoms with van der Waals surface area (Å²) in [6, 6.07) is 7.39. The highest BCUT2D eigenvalue weighted by atomic mass is 35.5. The van der Waals surface area contributed by atoms with E-state index >= 15 is 0 Å². The lowest BCUT2D eigenvalue weighted by molar-refractivity contribution is -0.384. The maximum atomic E-state index is 12.7. The predicted molar refractivity (Wildman–Crippen MR) is 97.2 cm³/mol. The van der Waals surface area contributed by atoms with Crippen molar-refractivity contribution in [3.05, 3.63) is 63.1 Å². The number of carbonyl (C=O) groups is 1. The molecule has 1 aromatic carbocycles. The van der Waals surface area contributed by atoms with Crippen molar-refractivity contribution < 1.29 is 14.5 Å². The predicted octanol–water partition coefficient (Wildman–Crippen LogP) is 3.86. The van der Waals surface area contributed by atoms with Crippen LogP contribution in [0.25, 0.3) is 5.65 Å². The molecule has 0 spiro atoms. The highest BCUT2D eigenvalue weighted by Gasteiger charge is 2.20. The molecule has 8 nitrogen and oxygen atoms in total. The molecule has 3 aromatic rings. The molecule has 0 atom stereocenters. The Morgan fingerprint density at radius 3 is 2.85 bits per heavy atom. The molecule has 0 radical (unpaired) electrons. The number of pyridine rings is 1. The average Bonchev–Trinajstić information content (AvgIpc) is 2.93. The molecule has 0 saturated heterocycles. The first kappa shape index (κ1) is 17.7. The minimum atomic E-state index is -0.554. The van der Waals surface area contributed by atoms with Crippen molar-refractivity contribution in [1.82, 2.24) is 9.38 Å². The molecule has 1 N–H and O–H groups in total. The lowest BCUT2D eigenvalue weighted by Crippen LogP contribution is -2.16. The molecule has 0 bridgehead atoms. The molecule has 0 saturated carbocycles. The molecule has 134 valence electrons. The van der Waals surface area contributed by atoms with E-state index in [9.17, 15) is 14.9 Å². The zero-order valence-electron chi connectivity index (χ0n) is 14.0. The van der Waals surface area contributed by atoms with E-state index in [1.54, 1.807) is 29.7 Å². The number of nitro groups is 1. The van der Waals surface area contributed by atoms with Gasteiger partial charge < -0.3 is 10.1 Å². The summed E-state index contributed by atoms with van der Waals surface area (Å²) in [5.74, 6) is 0.143. The van der Waals surface area contributed by atoms with Crippen LogP contribution < -0.4 is 10.1 Å². The number of nitro benzene ring substituents is 1. The van der Waals surface area contributed by atoms with Gasteiger partial charge in [0.2, 0.25) is 0 Å². The molecule has 1 amide bonds. The summed E-state index contributed by atoms with van der Waals surface area (Å²) in [6.45, 7) is 4.06. The van der Waals surface area contributed by atoms with Gasteiger partial charge in [0.15, 0.2) is 11.4 Å². The number of aryl methyl sites for hydroxylation is 1. The molecule has 0 fully saturated rings. The first-order valence-electron chi connectivity index (χ1n) is 7.78. The van der Waals surface area contributed by atoms with Gasteiger partial charge in [-0.1, -0.05) is 11.6 Å². The smallest absolute Gasteiger partial charge is 0.274 e. The number of hydrogen-bond acceptors (Lipinski definition) is 5. The van der Waals surface area contributed by atoms with Crippen molar-refractivity contribution >= 4 is 34.5 Å². The molecule has 2 aromatic heterocycles. The maximum Gasteiger partial charge on any atom is 0.274 e. The molecule has 0 aliphatic rings. The van der Waals surface area contributed by atoms with E-state index in [0.717, 1.165) is 0 Å². The Balaban J connectivity index is 1.97. The molecule has 0 unspecified atom stereocenters. The van der Waals surface area contributed by atoms with Crippen LogP contribution in [0.1, 0.15) is 23.1 Å². The third-order valence-corrected chi connectivity index (χ3v) is 4.03. The molecule has 3 rings (SSSR count). The van der Waals surface area contributed by atoms with Crippen LogP contribution in [0.4, 0.5) is 11.4 Å². The number of nitrogens with one attached hydrogen (secondary N) is 1. The molecule has 26 heavy (non-hydrogen) atoms. The maximum absolute atomic E-state index is 12.7. The SMILES string of the molecule is CCOc1cccn2c(C(=O)Nc3ccc([N+](=O)[O-])cc3Cl)c(C)nc12. The van der Waals surface area contributed by atoms with Crippen LogP contribution in [0, 0.1) is 17.0 Å². The molecular formula is C17H15ClN4O4. The van der Waals surface area contributed by atoms with Gasteiger partial charge in [-0.2, -0.15) is 0 Å². The number of amides is 1. The van der Waals surface area contributed by atoms with Crippen molar-refractivity contribution in [2.45, 2.75) is 13.8 Å². The van der Waals surface area contributed by atoms with Crippen LogP contribution in [0.3, 0.4) is 0 Å². The summed E-state index contributed by atoms with van der Waals surface area (Å²) >= 11 is 6.04. The van der Waals surface area contributed by atoms with Gasteiger partial charge in [0.25, 0.3) is 11.6 Å². The van der Waals surface area contributed by atoms with E-state index in [1.807, 2.05) is 6.92 Å². The number of aromatic nitrogens is 2. The standard InChI is InChI=1S/C17H15ClN4O4/c1-3-26-14-5-4-8-21-15(10(2)19-16(14)21)17(23)20-13-7-6-11(22(24)25)9-12(13)18/h4-9H,3H2,1-2H3,(H,20,23). The fourth-order valence-electron chi connectivity index (χ4n) is 2.60. The average molecular weight is 375 g/mol. The Hall–Kier alpha value is -3.13. The number of rotatable bonds is 5. The Labute approximate surface area is 153 Å². The third kappa shape index (κ3) is 3.18. The number of imidazole rings is 1. The van der Waals surface area contributed by atoms with Crippen molar-refractivity contribution in [3.63, 3.8) is 0 Å². The van der Waals surface area contributed by atoms with E-state index in [4.69, 9.17) is 16.3 Å². The van der Waals surface area contributed by atoms with Gasteiger partial charge in [0.05, 0.1) is 27.9 Å². The Kier molecular flexibility index (Phi) is 4.77. The van der Waals surface area contributed by atoms with Crippen molar-refractivity contribution in [2.24, 2.45) is 0 Å². The first-order valence-corrected chi connectivity index (χ1v) is 8.16. The summed E-state index contributed by atoms with van der Waals surface area (Å²) in [5.41, 5.74) is 1.51. The number of halogens is 1. The molecule has 9 heteroatoms. The Morgan fingerprint density at radius 1 is 1.42 bits per heavy atom. The second-order valence-corrected chi connectivity index (χ2v) is 5.83. The second-order valence-electron chi connectivity index (χ2n) is 5.42. The van der Waals surface area contributed by atoms with E-state index in [0.29, 0.717) is 29.4 Å². The Bertz CT molecular complexity index is 1020. The van der Waals surface area contributed by atoms with Crippen LogP contribution in [-0.2, 0) is 0 Å². The number of benzene rings is 1. The number of fused-ring (bicyclic) bond motifs is 1. The zero-order valence-corrected chi connectivity index (χ0v) is 14.8. The summed E-state index contributed by atoms with van der Waals surface area (Å²) in [4.78, 5) is 27.4. The molecule has 0 aliphatic heterocycles. The molecule has 2 heterocycles. The monoisotopic (exact) mass is 374 g/mol. The largest absolute Gasteiger partial charge is 0.490 e. The third-order valence-electron chi connectivity index (χ3n) is 3.72. The second kappa shape index (κ2) is 7.01. The number of non-ortho nitro benzene ring substituents is 1. The summed E-state index contributed by atoms with van der Waals surface area (Å²) in [7, 11) is 0. The van der Waals surface area contributed by atoms with Crippen LogP contribution in [0.5, 0.6) is 5.75 Å². The van der Waals surface area contributed by atoms with Crippen molar-refractivity contribution in [1.29, 1.82) is 0 Å². The fraction of sp³-hybridized carbons (Fsp3) is 0.176. The van der Waals surface area contributed by atoms with Crippen molar-refractivity contribution in [3.8, 4) is 5.75 Å². The van der Waals surface area contributed by atoms with Gasteiger partial charge in [-0.15, -0.1) is 0 Å². The quantitative estimate of drug-likeness (QED) is 0.540. The summed E-state index contributed by atoms with van der Waals surface area (Å²) < 4.78 is 7.17. The minimum absolute atomic E-state index is 0.0778. The van der Waals surface area contributed by atoms with Gasteiger partial charge in [0, 0.05) is 18.3 Å². The summed E-state index contributed by atoms with van der Waals surface area (Å²) in [6.07, 6.45) is 1.71. The topological polar surface area (TPSA) is 98.8 Å². The zero-order chi connectivity index (χ0) is 18.8. The van der Waals surface area contributed by atoms with E-state index < -0.39 is 10.8 Å². The number of ether oxygens (including phenoxy) is 1. The highest BCUT2D eigenvalue weighted by Crippen LogP contribution is 2.28. The fourth-order valence-corrected chi connectivity index (χ4v) is 2.82. The lowest BCUT2D eigenvalue weighted by Gasteiger charge is -2.08. The molecule has 0 aliphatic carbocycles.